The number of aliphatic carboxylic acids is 1. The fourth-order valence-corrected chi connectivity index (χ4v) is 5.81. The smallest absolute Gasteiger partial charge is 0.300 e. The molecule has 2 N–H and O–H groups in total. The first kappa shape index (κ1) is 19.8. The van der Waals surface area contributed by atoms with E-state index in [4.69, 9.17) is 19.4 Å². The van der Waals surface area contributed by atoms with Crippen LogP contribution in [0.5, 0.6) is 17.4 Å². The van der Waals surface area contributed by atoms with E-state index in [0.29, 0.717) is 23.6 Å². The number of rotatable bonds is 2. The van der Waals surface area contributed by atoms with Gasteiger partial charge in [-0.2, -0.15) is 0 Å². The number of hydrogen-bond donors (Lipinski definition) is 2. The zero-order chi connectivity index (χ0) is 21.8. The average Bonchev–Trinajstić information content (AvgIpc) is 3.09. The summed E-state index contributed by atoms with van der Waals surface area (Å²) >= 11 is 0. The molecule has 3 heterocycles. The fraction of sp³-hybridized carbons (Fsp3) is 0.435. The molecule has 31 heavy (non-hydrogen) atoms. The molecule has 1 spiro atoms. The first-order valence-corrected chi connectivity index (χ1v) is 10.4. The van der Waals surface area contributed by atoms with Crippen molar-refractivity contribution in [2.75, 3.05) is 13.6 Å². The van der Waals surface area contributed by atoms with E-state index in [0.717, 1.165) is 26.3 Å². The van der Waals surface area contributed by atoms with Crippen LogP contribution in [0.25, 0.3) is 0 Å². The van der Waals surface area contributed by atoms with Crippen molar-refractivity contribution in [3.05, 3.63) is 54.0 Å². The number of piperidine rings is 1. The Morgan fingerprint density at radius 3 is 2.87 bits per heavy atom. The number of phenolic OH excluding ortho intramolecular Hbond substituents is 1. The van der Waals surface area contributed by atoms with Gasteiger partial charge < -0.3 is 24.6 Å². The van der Waals surface area contributed by atoms with E-state index in [9.17, 15) is 5.11 Å². The molecule has 0 saturated carbocycles. The zero-order valence-electron chi connectivity index (χ0n) is 17.4. The number of nitrogens with zero attached hydrogens (tertiary/aromatic N) is 3. The molecule has 0 amide bonds. The highest BCUT2D eigenvalue weighted by Crippen LogP contribution is 2.62. The third-order valence-corrected chi connectivity index (χ3v) is 6.93. The number of carboxylic acid groups (broad SMARTS) is 1. The van der Waals surface area contributed by atoms with Crippen LogP contribution in [0, 0.1) is 5.92 Å². The van der Waals surface area contributed by atoms with Gasteiger partial charge in [0.2, 0.25) is 5.88 Å². The standard InChI is InChI=1S/C21H21N3O3.C2H4O2/c1-24-9-6-21-13-3-5-16(26-17-11-22-7-8-23-17)20(21)27-19-15(25)4-2-12(18(19)21)10-14(13)24;1-2(3)4/h2-5,7-8,11,13-14,16,20,25H,6,9-10H2,1H3;1H3,(H,3,4)/t13-,14+,16-,20-,21-;/m0./s1. The van der Waals surface area contributed by atoms with Crippen LogP contribution < -0.4 is 9.47 Å². The maximum Gasteiger partial charge on any atom is 0.300 e. The number of aromatic hydroxyl groups is 1. The molecule has 2 bridgehead atoms. The van der Waals surface area contributed by atoms with Gasteiger partial charge in [-0.3, -0.25) is 9.78 Å². The van der Waals surface area contributed by atoms with Crippen LogP contribution in [0.2, 0.25) is 0 Å². The third kappa shape index (κ3) is 2.96. The van der Waals surface area contributed by atoms with E-state index in [-0.39, 0.29) is 23.4 Å². The maximum atomic E-state index is 10.5. The van der Waals surface area contributed by atoms with Crippen molar-refractivity contribution in [3.8, 4) is 17.4 Å². The Hall–Kier alpha value is -3.13. The van der Waals surface area contributed by atoms with Gasteiger partial charge in [-0.25, -0.2) is 4.98 Å². The Morgan fingerprint density at radius 1 is 1.32 bits per heavy atom. The molecule has 2 aliphatic carbocycles. The Labute approximate surface area is 180 Å². The molecule has 1 fully saturated rings. The predicted octanol–water partition coefficient (Wildman–Crippen LogP) is 2.17. The summed E-state index contributed by atoms with van der Waals surface area (Å²) in [6.45, 7) is 2.10. The second kappa shape index (κ2) is 7.23. The molecule has 1 aromatic heterocycles. The van der Waals surface area contributed by atoms with E-state index in [1.807, 2.05) is 0 Å². The number of carbonyl (C=O) groups is 1. The van der Waals surface area contributed by atoms with Crippen molar-refractivity contribution in [2.24, 2.45) is 5.92 Å². The van der Waals surface area contributed by atoms with Crippen LogP contribution in [0.4, 0.5) is 0 Å². The molecule has 1 aromatic carbocycles. The largest absolute Gasteiger partial charge is 0.504 e. The van der Waals surface area contributed by atoms with Gasteiger partial charge in [-0.05, 0) is 44.1 Å². The Morgan fingerprint density at radius 2 is 2.13 bits per heavy atom. The average molecular weight is 423 g/mol. The number of hydrogen-bond acceptors (Lipinski definition) is 7. The first-order valence-electron chi connectivity index (χ1n) is 10.4. The van der Waals surface area contributed by atoms with Gasteiger partial charge in [-0.15, -0.1) is 0 Å². The molecule has 0 unspecified atom stereocenters. The first-order chi connectivity index (χ1) is 14.9. The number of likely N-dealkylation sites (tertiary alicyclic amines) is 1. The van der Waals surface area contributed by atoms with E-state index >= 15 is 0 Å². The minimum Gasteiger partial charge on any atom is -0.504 e. The third-order valence-electron chi connectivity index (χ3n) is 6.93. The molecular weight excluding hydrogens is 398 g/mol. The van der Waals surface area contributed by atoms with Crippen molar-refractivity contribution in [2.45, 2.75) is 43.4 Å². The van der Waals surface area contributed by atoms with Crippen molar-refractivity contribution >= 4 is 5.97 Å². The summed E-state index contributed by atoms with van der Waals surface area (Å²) in [5, 5.41) is 17.9. The maximum absolute atomic E-state index is 10.5. The van der Waals surface area contributed by atoms with Crippen LogP contribution in [0.15, 0.2) is 42.9 Å². The molecule has 162 valence electrons. The van der Waals surface area contributed by atoms with Gasteiger partial charge in [-0.1, -0.05) is 12.1 Å². The fourth-order valence-electron chi connectivity index (χ4n) is 5.81. The minimum absolute atomic E-state index is 0.152. The second-order valence-corrected chi connectivity index (χ2v) is 8.58. The van der Waals surface area contributed by atoms with Crippen LogP contribution in [-0.4, -0.2) is 62.9 Å². The summed E-state index contributed by atoms with van der Waals surface area (Å²) in [5.41, 5.74) is 2.35. The highest BCUT2D eigenvalue weighted by atomic mass is 16.6. The summed E-state index contributed by atoms with van der Waals surface area (Å²) in [4.78, 5) is 19.8. The molecule has 2 aromatic rings. The molecule has 1 saturated heterocycles. The summed E-state index contributed by atoms with van der Waals surface area (Å²) in [5.74, 6) is 0.902. The molecule has 5 atom stereocenters. The Kier molecular flexibility index (Phi) is 4.62. The molecule has 0 radical (unpaired) electrons. The highest BCUT2D eigenvalue weighted by Gasteiger charge is 2.64. The zero-order valence-corrected chi connectivity index (χ0v) is 17.4. The van der Waals surface area contributed by atoms with Crippen molar-refractivity contribution < 1.29 is 24.5 Å². The van der Waals surface area contributed by atoms with Crippen molar-refractivity contribution in [1.82, 2.24) is 14.9 Å². The van der Waals surface area contributed by atoms with Gasteiger partial charge in [0.1, 0.15) is 6.10 Å². The second-order valence-electron chi connectivity index (χ2n) is 8.58. The quantitative estimate of drug-likeness (QED) is 0.708. The molecule has 8 heteroatoms. The Balaban J connectivity index is 0.000000473. The van der Waals surface area contributed by atoms with Crippen molar-refractivity contribution in [1.29, 1.82) is 0 Å². The SMILES string of the molecule is CC(=O)O.CN1CC[C@]23c4c5ccc(O)c4O[C@H]2[C@@H](Oc2cnccn2)C=C[C@H]3[C@H]1C5. The van der Waals surface area contributed by atoms with Crippen LogP contribution in [-0.2, 0) is 16.6 Å². The summed E-state index contributed by atoms with van der Waals surface area (Å²) in [7, 11) is 2.21. The summed E-state index contributed by atoms with van der Waals surface area (Å²) < 4.78 is 12.6. The highest BCUT2D eigenvalue weighted by molar-refractivity contribution is 5.63. The predicted molar refractivity (Wildman–Crippen MR) is 111 cm³/mol. The van der Waals surface area contributed by atoms with Gasteiger partial charge in [0, 0.05) is 42.3 Å². The lowest BCUT2D eigenvalue weighted by atomic mass is 9.53. The molecule has 8 nitrogen and oxygen atoms in total. The van der Waals surface area contributed by atoms with E-state index in [2.05, 4.69) is 40.1 Å². The minimum atomic E-state index is -0.833. The molecule has 6 rings (SSSR count). The number of phenols is 1. The molecule has 2 aliphatic heterocycles. The van der Waals surface area contributed by atoms with Gasteiger partial charge in [0.25, 0.3) is 5.97 Å². The van der Waals surface area contributed by atoms with E-state index in [1.54, 1.807) is 24.7 Å². The van der Waals surface area contributed by atoms with Gasteiger partial charge in [0.05, 0.1) is 6.20 Å². The summed E-state index contributed by atoms with van der Waals surface area (Å²) in [6.07, 6.45) is 10.8. The molecule has 4 aliphatic rings. The van der Waals surface area contributed by atoms with E-state index in [1.165, 1.54) is 11.1 Å². The molecular formula is C23H25N3O5. The van der Waals surface area contributed by atoms with Crippen LogP contribution in [0.1, 0.15) is 24.5 Å². The number of ether oxygens (including phenoxy) is 2. The number of likely N-dealkylation sites (N-methyl/N-ethyl adjacent to an activating group) is 1. The monoisotopic (exact) mass is 423 g/mol. The summed E-state index contributed by atoms with van der Waals surface area (Å²) in [6, 6.07) is 4.28. The van der Waals surface area contributed by atoms with Crippen LogP contribution >= 0.6 is 0 Å². The Bertz CT molecular complexity index is 1040. The number of aromatic nitrogens is 2. The topological polar surface area (TPSA) is 105 Å². The number of benzene rings is 1. The number of carboxylic acids is 1. The van der Waals surface area contributed by atoms with Gasteiger partial charge >= 0.3 is 0 Å². The lowest BCUT2D eigenvalue weighted by molar-refractivity contribution is -0.134. The van der Waals surface area contributed by atoms with Crippen LogP contribution in [0.3, 0.4) is 0 Å². The lowest BCUT2D eigenvalue weighted by Crippen LogP contribution is -2.65. The lowest BCUT2D eigenvalue weighted by Gasteiger charge is -2.56. The normalized spacial score (nSPS) is 31.7. The van der Waals surface area contributed by atoms with Gasteiger partial charge in [0.15, 0.2) is 17.6 Å². The van der Waals surface area contributed by atoms with E-state index < -0.39 is 5.97 Å². The van der Waals surface area contributed by atoms with Crippen molar-refractivity contribution in [3.63, 3.8) is 0 Å².